The predicted octanol–water partition coefficient (Wildman–Crippen LogP) is 2.26. The summed E-state index contributed by atoms with van der Waals surface area (Å²) in [6, 6.07) is 5.96. The number of hydrogen-bond donors (Lipinski definition) is 1. The van der Waals surface area contributed by atoms with E-state index in [1.165, 1.54) is 0 Å². The minimum atomic E-state index is -0.00601. The predicted molar refractivity (Wildman–Crippen MR) is 80.0 cm³/mol. The van der Waals surface area contributed by atoms with E-state index in [1.807, 2.05) is 36.9 Å². The molecule has 1 heterocycles. The van der Waals surface area contributed by atoms with Crippen molar-refractivity contribution in [2.75, 3.05) is 6.54 Å². The number of aromatic nitrogens is 1. The zero-order valence-electron chi connectivity index (χ0n) is 12.5. The molecule has 20 heavy (non-hydrogen) atoms. The lowest BCUT2D eigenvalue weighted by Crippen LogP contribution is -2.45. The molecule has 1 aliphatic carbocycles. The first kappa shape index (κ1) is 15.0. The van der Waals surface area contributed by atoms with E-state index in [0.29, 0.717) is 13.1 Å². The fourth-order valence-corrected chi connectivity index (χ4v) is 2.93. The molecule has 0 spiro atoms. The monoisotopic (exact) mass is 275 g/mol. The van der Waals surface area contributed by atoms with Crippen LogP contribution in [0.25, 0.3) is 0 Å². The van der Waals surface area contributed by atoms with Crippen LogP contribution in [0.15, 0.2) is 18.2 Å². The van der Waals surface area contributed by atoms with Crippen molar-refractivity contribution in [3.05, 3.63) is 29.6 Å². The van der Waals surface area contributed by atoms with Crippen molar-refractivity contribution in [3.63, 3.8) is 0 Å². The average molecular weight is 275 g/mol. The maximum Gasteiger partial charge on any atom is 0.227 e. The SMILES string of the molecule is CCN(Cc1cccc(C)n1)C(=O)C1CCCCC1N. The molecule has 1 amide bonds. The lowest BCUT2D eigenvalue weighted by atomic mass is 9.84. The third-order valence-electron chi connectivity index (χ3n) is 4.13. The zero-order chi connectivity index (χ0) is 14.5. The third kappa shape index (κ3) is 3.57. The highest BCUT2D eigenvalue weighted by atomic mass is 16.2. The lowest BCUT2D eigenvalue weighted by Gasteiger charge is -2.32. The van der Waals surface area contributed by atoms with Crippen molar-refractivity contribution < 1.29 is 4.79 Å². The Labute approximate surface area is 121 Å². The molecule has 2 unspecified atom stereocenters. The first-order chi connectivity index (χ1) is 9.61. The Kier molecular flexibility index (Phi) is 5.12. The van der Waals surface area contributed by atoms with Crippen molar-refractivity contribution in [2.45, 2.75) is 52.1 Å². The largest absolute Gasteiger partial charge is 0.337 e. The normalized spacial score (nSPS) is 22.6. The highest BCUT2D eigenvalue weighted by molar-refractivity contribution is 5.79. The van der Waals surface area contributed by atoms with Crippen LogP contribution in [-0.2, 0) is 11.3 Å². The Balaban J connectivity index is 2.05. The Morgan fingerprint density at radius 2 is 2.15 bits per heavy atom. The van der Waals surface area contributed by atoms with Gasteiger partial charge in [0.05, 0.1) is 18.2 Å². The van der Waals surface area contributed by atoms with Gasteiger partial charge in [-0.25, -0.2) is 0 Å². The van der Waals surface area contributed by atoms with Gasteiger partial charge in [-0.3, -0.25) is 9.78 Å². The summed E-state index contributed by atoms with van der Waals surface area (Å²) < 4.78 is 0. The number of aryl methyl sites for hydroxylation is 1. The van der Waals surface area contributed by atoms with Crippen molar-refractivity contribution in [2.24, 2.45) is 11.7 Å². The summed E-state index contributed by atoms with van der Waals surface area (Å²) in [5, 5.41) is 0. The van der Waals surface area contributed by atoms with E-state index < -0.39 is 0 Å². The van der Waals surface area contributed by atoms with E-state index >= 15 is 0 Å². The van der Waals surface area contributed by atoms with Crippen LogP contribution >= 0.6 is 0 Å². The van der Waals surface area contributed by atoms with Crippen LogP contribution in [0.1, 0.15) is 44.0 Å². The summed E-state index contributed by atoms with van der Waals surface area (Å²) >= 11 is 0. The molecule has 0 radical (unpaired) electrons. The Morgan fingerprint density at radius 3 is 2.80 bits per heavy atom. The Morgan fingerprint density at radius 1 is 1.40 bits per heavy atom. The molecule has 0 aromatic carbocycles. The molecule has 1 fully saturated rings. The van der Waals surface area contributed by atoms with Gasteiger partial charge < -0.3 is 10.6 Å². The molecule has 4 nitrogen and oxygen atoms in total. The zero-order valence-corrected chi connectivity index (χ0v) is 12.5. The van der Waals surface area contributed by atoms with Gasteiger partial charge in [-0.1, -0.05) is 18.9 Å². The summed E-state index contributed by atoms with van der Waals surface area (Å²) in [6.45, 7) is 5.28. The van der Waals surface area contributed by atoms with Gasteiger partial charge in [0.15, 0.2) is 0 Å². The molecular formula is C16H25N3O. The second-order valence-corrected chi connectivity index (χ2v) is 5.68. The molecule has 110 valence electrons. The molecule has 2 rings (SSSR count). The summed E-state index contributed by atoms with van der Waals surface area (Å²) in [5.74, 6) is 0.191. The maximum absolute atomic E-state index is 12.6. The van der Waals surface area contributed by atoms with Gasteiger partial charge in [-0.2, -0.15) is 0 Å². The fraction of sp³-hybridized carbons (Fsp3) is 0.625. The first-order valence-corrected chi connectivity index (χ1v) is 7.58. The van der Waals surface area contributed by atoms with Gasteiger partial charge in [0, 0.05) is 18.3 Å². The molecule has 4 heteroatoms. The van der Waals surface area contributed by atoms with E-state index in [0.717, 1.165) is 37.1 Å². The summed E-state index contributed by atoms with van der Waals surface area (Å²) in [7, 11) is 0. The molecule has 1 aromatic heterocycles. The van der Waals surface area contributed by atoms with Crippen LogP contribution in [0.3, 0.4) is 0 Å². The minimum absolute atomic E-state index is 0.00601. The van der Waals surface area contributed by atoms with Crippen LogP contribution < -0.4 is 5.73 Å². The number of amides is 1. The lowest BCUT2D eigenvalue weighted by molar-refractivity contribution is -0.137. The fourth-order valence-electron chi connectivity index (χ4n) is 2.93. The average Bonchev–Trinajstić information content (AvgIpc) is 2.44. The quantitative estimate of drug-likeness (QED) is 0.917. The first-order valence-electron chi connectivity index (χ1n) is 7.58. The van der Waals surface area contributed by atoms with Crippen molar-refractivity contribution in [1.29, 1.82) is 0 Å². The number of nitrogens with two attached hydrogens (primary N) is 1. The molecule has 1 saturated carbocycles. The molecule has 0 aliphatic heterocycles. The van der Waals surface area contributed by atoms with Gasteiger partial charge >= 0.3 is 0 Å². The minimum Gasteiger partial charge on any atom is -0.337 e. The Hall–Kier alpha value is -1.42. The number of carbonyl (C=O) groups excluding carboxylic acids is 1. The van der Waals surface area contributed by atoms with Crippen LogP contribution in [-0.4, -0.2) is 28.4 Å². The Bertz CT molecular complexity index is 461. The number of carbonyl (C=O) groups is 1. The number of nitrogens with zero attached hydrogens (tertiary/aromatic N) is 2. The van der Waals surface area contributed by atoms with Crippen LogP contribution in [0.4, 0.5) is 0 Å². The van der Waals surface area contributed by atoms with Gasteiger partial charge in [-0.05, 0) is 38.8 Å². The summed E-state index contributed by atoms with van der Waals surface area (Å²) in [4.78, 5) is 19.0. The van der Waals surface area contributed by atoms with E-state index in [9.17, 15) is 4.79 Å². The topological polar surface area (TPSA) is 59.2 Å². The molecule has 1 aliphatic rings. The summed E-state index contributed by atoms with van der Waals surface area (Å²) in [5.41, 5.74) is 8.06. The highest BCUT2D eigenvalue weighted by Gasteiger charge is 2.31. The number of hydrogen-bond acceptors (Lipinski definition) is 3. The van der Waals surface area contributed by atoms with Crippen molar-refractivity contribution >= 4 is 5.91 Å². The third-order valence-corrected chi connectivity index (χ3v) is 4.13. The smallest absolute Gasteiger partial charge is 0.227 e. The van der Waals surface area contributed by atoms with Crippen molar-refractivity contribution in [1.82, 2.24) is 9.88 Å². The van der Waals surface area contributed by atoms with Crippen LogP contribution in [0.2, 0.25) is 0 Å². The van der Waals surface area contributed by atoms with Gasteiger partial charge in [0.1, 0.15) is 0 Å². The standard InChI is InChI=1S/C16H25N3O/c1-3-19(11-13-8-6-7-12(2)18-13)16(20)14-9-4-5-10-15(14)17/h6-8,14-15H,3-5,9-11,17H2,1-2H3. The highest BCUT2D eigenvalue weighted by Crippen LogP contribution is 2.25. The molecule has 2 N–H and O–H groups in total. The van der Waals surface area contributed by atoms with Crippen LogP contribution in [0.5, 0.6) is 0 Å². The molecule has 0 saturated heterocycles. The maximum atomic E-state index is 12.6. The second-order valence-electron chi connectivity index (χ2n) is 5.68. The van der Waals surface area contributed by atoms with E-state index in [4.69, 9.17) is 5.73 Å². The van der Waals surface area contributed by atoms with E-state index in [2.05, 4.69) is 4.98 Å². The van der Waals surface area contributed by atoms with Gasteiger partial charge in [-0.15, -0.1) is 0 Å². The molecular weight excluding hydrogens is 250 g/mol. The number of rotatable bonds is 4. The second kappa shape index (κ2) is 6.84. The number of pyridine rings is 1. The summed E-state index contributed by atoms with van der Waals surface area (Å²) in [6.07, 6.45) is 4.16. The van der Waals surface area contributed by atoms with Gasteiger partial charge in [0.2, 0.25) is 5.91 Å². The molecule has 1 aromatic rings. The van der Waals surface area contributed by atoms with E-state index in [1.54, 1.807) is 0 Å². The van der Waals surface area contributed by atoms with Crippen LogP contribution in [0, 0.1) is 12.8 Å². The van der Waals surface area contributed by atoms with Gasteiger partial charge in [0.25, 0.3) is 0 Å². The van der Waals surface area contributed by atoms with Crippen molar-refractivity contribution in [3.8, 4) is 0 Å². The van der Waals surface area contributed by atoms with E-state index in [-0.39, 0.29) is 17.9 Å². The molecule has 2 atom stereocenters. The molecule has 0 bridgehead atoms.